The van der Waals surface area contributed by atoms with Crippen LogP contribution >= 0.6 is 11.6 Å². The maximum absolute atomic E-state index is 15.3. The molecule has 518 valence electrons. The first-order valence-electron chi connectivity index (χ1n) is 31.8. The topological polar surface area (TPSA) is 250 Å². The molecule has 1 heterocycles. The number of carbonyl (C=O) groups is 11. The van der Waals surface area contributed by atoms with Gasteiger partial charge >= 0.3 is 6.18 Å². The van der Waals surface area contributed by atoms with Crippen molar-refractivity contribution in [1.29, 1.82) is 0 Å². The third kappa shape index (κ3) is 22.3. The van der Waals surface area contributed by atoms with Crippen LogP contribution in [0.4, 0.5) is 13.2 Å². The Hall–Kier alpha value is -8.09. The van der Waals surface area contributed by atoms with Crippen LogP contribution in [0.2, 0.25) is 5.02 Å². The molecule has 0 radical (unpaired) electrons. The Morgan fingerprint density at radius 2 is 1.01 bits per heavy atom. The molecule has 0 spiro atoms. The summed E-state index contributed by atoms with van der Waals surface area (Å²) in [6, 6.07) is 9.89. The van der Waals surface area contributed by atoms with Crippen LogP contribution in [0.15, 0.2) is 78.9 Å². The highest BCUT2D eigenvalue weighted by molar-refractivity contribution is 6.30. The molecule has 3 aromatic rings. The third-order valence-corrected chi connectivity index (χ3v) is 17.8. The molecule has 0 bridgehead atoms. The van der Waals surface area contributed by atoms with Crippen molar-refractivity contribution in [2.45, 2.75) is 161 Å². The van der Waals surface area contributed by atoms with Crippen molar-refractivity contribution in [2.75, 3.05) is 76.0 Å². The number of benzene rings is 3. The number of nitrogens with zero attached hydrogens (tertiary/aromatic N) is 8. The van der Waals surface area contributed by atoms with Crippen LogP contribution in [0.5, 0.6) is 0 Å². The van der Waals surface area contributed by atoms with Crippen molar-refractivity contribution in [3.8, 4) is 0 Å². The molecular weight excluding hydrogens is 1240 g/mol. The first kappa shape index (κ1) is 78.4. The van der Waals surface area contributed by atoms with Crippen molar-refractivity contribution in [1.82, 2.24) is 55.1 Å². The quantitative estimate of drug-likeness (QED) is 0.198. The van der Waals surface area contributed by atoms with Crippen LogP contribution in [0.1, 0.15) is 110 Å². The van der Waals surface area contributed by atoms with Gasteiger partial charge in [0, 0.05) is 86.7 Å². The van der Waals surface area contributed by atoms with Gasteiger partial charge in [0.25, 0.3) is 0 Å². The fourth-order valence-corrected chi connectivity index (χ4v) is 11.0. The molecule has 22 nitrogen and oxygen atoms in total. The van der Waals surface area contributed by atoms with Gasteiger partial charge in [-0.2, -0.15) is 13.2 Å². The zero-order chi connectivity index (χ0) is 70.8. The van der Waals surface area contributed by atoms with Gasteiger partial charge in [-0.15, -0.1) is 0 Å². The van der Waals surface area contributed by atoms with Crippen LogP contribution in [-0.2, 0) is 78.2 Å². The summed E-state index contributed by atoms with van der Waals surface area (Å²) < 4.78 is 41.0. The standard InChI is InChI=1S/C68H97ClF3N11O11/c1-17-43(6)60-67(94)78(11)39-58(86)76(9)40-59(87)81(14)54(37-48-25-30-50(69)31-26-48)64(91)77(10)38-56(84)73-51(32-27-46-23-28-49(29-24-46)68(70,71)72)62(89)74-52(33-41(2)3)63(90)82(15)55(36-47-21-19-18-20-22-47)66(93)83(16)53(34-42(4)5)65(92)79(12)44(7)35-57(85)80(13)45(8)61(88)75-60/h18-26,28-31,41-45,51-55,60H,17,27,32-40H2,1-16H3,(H,73,84)(H,74,89)(H,75,88)/t43-,44+,45-,51-,52-,53-,54-,55-,60-/m0/s1. The SMILES string of the molecule is CC[C@H](C)[C@@H]1NC(=O)[C@H](C)N(C)C(=O)C[C@@H](C)N(C)C(=O)[C@H](CC(C)C)N(C)C(=O)[C@H](Cc2ccccc2)N(C)C(=O)[C@H](CC(C)C)NC(=O)[C@H](CCc2ccc(C(F)(F)F)cc2)NC(=O)CN(C)C(=O)[C@H](Cc2ccc(Cl)cc2)N(C)C(=O)CN(C)C(=O)CN(C)C1=O. The van der Waals surface area contributed by atoms with Crippen LogP contribution in [0.3, 0.4) is 0 Å². The smallest absolute Gasteiger partial charge is 0.343 e. The number of amides is 11. The Labute approximate surface area is 556 Å². The van der Waals surface area contributed by atoms with Crippen LogP contribution < -0.4 is 16.0 Å². The maximum Gasteiger partial charge on any atom is 0.416 e. The second-order valence-corrected chi connectivity index (χ2v) is 26.3. The van der Waals surface area contributed by atoms with Crippen molar-refractivity contribution < 1.29 is 65.9 Å². The molecule has 0 unspecified atom stereocenters. The summed E-state index contributed by atoms with van der Waals surface area (Å²) in [5.74, 6) is -8.48. The van der Waals surface area contributed by atoms with Crippen LogP contribution in [0, 0.1) is 17.8 Å². The Morgan fingerprint density at radius 1 is 0.500 bits per heavy atom. The predicted molar refractivity (Wildman–Crippen MR) is 351 cm³/mol. The monoisotopic (exact) mass is 1340 g/mol. The number of aryl methyl sites for hydroxylation is 1. The average Bonchev–Trinajstić information content (AvgIpc) is 0.894. The van der Waals surface area contributed by atoms with E-state index >= 15 is 9.59 Å². The first-order chi connectivity index (χ1) is 43.9. The molecule has 0 aliphatic carbocycles. The van der Waals surface area contributed by atoms with Gasteiger partial charge in [-0.3, -0.25) is 52.7 Å². The molecule has 4 rings (SSSR count). The van der Waals surface area contributed by atoms with Gasteiger partial charge in [0.05, 0.1) is 25.2 Å². The Bertz CT molecular complexity index is 3120. The lowest BCUT2D eigenvalue weighted by molar-refractivity contribution is -0.152. The van der Waals surface area contributed by atoms with E-state index in [-0.39, 0.29) is 56.8 Å². The van der Waals surface area contributed by atoms with Gasteiger partial charge < -0.3 is 55.1 Å². The highest BCUT2D eigenvalue weighted by Gasteiger charge is 2.41. The second kappa shape index (κ2) is 35.4. The molecule has 94 heavy (non-hydrogen) atoms. The largest absolute Gasteiger partial charge is 0.416 e. The molecule has 1 aliphatic rings. The number of hydrogen-bond acceptors (Lipinski definition) is 11. The molecule has 0 aromatic heterocycles. The molecule has 3 N–H and O–H groups in total. The number of carbonyl (C=O) groups excluding carboxylic acids is 11. The lowest BCUT2D eigenvalue weighted by Crippen LogP contribution is -2.60. The van der Waals surface area contributed by atoms with E-state index < -0.39 is 151 Å². The number of hydrogen-bond donors (Lipinski definition) is 3. The molecule has 11 amide bonds. The van der Waals surface area contributed by atoms with E-state index in [1.807, 2.05) is 20.8 Å². The van der Waals surface area contributed by atoms with E-state index in [0.29, 0.717) is 28.1 Å². The van der Waals surface area contributed by atoms with E-state index in [1.54, 1.807) is 82.3 Å². The predicted octanol–water partition coefficient (Wildman–Crippen LogP) is 5.32. The van der Waals surface area contributed by atoms with Gasteiger partial charge in [-0.25, -0.2) is 0 Å². The minimum absolute atomic E-state index is 0.0167. The summed E-state index contributed by atoms with van der Waals surface area (Å²) in [7, 11) is 11.1. The summed E-state index contributed by atoms with van der Waals surface area (Å²) >= 11 is 6.21. The Morgan fingerprint density at radius 3 is 1.56 bits per heavy atom. The zero-order valence-electron chi connectivity index (χ0n) is 57.2. The third-order valence-electron chi connectivity index (χ3n) is 17.5. The van der Waals surface area contributed by atoms with E-state index in [2.05, 4.69) is 16.0 Å². The Kier molecular flexibility index (Phi) is 29.5. The van der Waals surface area contributed by atoms with Crippen LogP contribution in [0.25, 0.3) is 0 Å². The first-order valence-corrected chi connectivity index (χ1v) is 32.2. The van der Waals surface area contributed by atoms with Crippen LogP contribution in [-0.4, -0.2) is 229 Å². The van der Waals surface area contributed by atoms with Gasteiger partial charge in [0.2, 0.25) is 65.0 Å². The van der Waals surface area contributed by atoms with Crippen molar-refractivity contribution in [3.05, 3.63) is 106 Å². The normalized spacial score (nSPS) is 23.5. The zero-order valence-corrected chi connectivity index (χ0v) is 58.0. The van der Waals surface area contributed by atoms with Gasteiger partial charge in [-0.05, 0) is 98.2 Å². The van der Waals surface area contributed by atoms with Gasteiger partial charge in [-0.1, -0.05) is 114 Å². The number of likely N-dealkylation sites (N-methyl/N-ethyl adjacent to an activating group) is 8. The summed E-state index contributed by atoms with van der Waals surface area (Å²) in [6.07, 6.45) is -4.73. The average molecular weight is 1340 g/mol. The summed E-state index contributed by atoms with van der Waals surface area (Å²) in [4.78, 5) is 169. The summed E-state index contributed by atoms with van der Waals surface area (Å²) in [5, 5.41) is 8.65. The fraction of sp³-hybridized carbons (Fsp3) is 0.574. The van der Waals surface area contributed by atoms with E-state index in [0.717, 1.165) is 31.7 Å². The van der Waals surface area contributed by atoms with E-state index in [4.69, 9.17) is 11.6 Å². The van der Waals surface area contributed by atoms with Crippen molar-refractivity contribution >= 4 is 76.6 Å². The van der Waals surface area contributed by atoms with E-state index in [9.17, 15) is 56.3 Å². The minimum atomic E-state index is -4.64. The maximum atomic E-state index is 15.3. The molecule has 9 atom stereocenters. The lowest BCUT2D eigenvalue weighted by Gasteiger charge is -2.38. The van der Waals surface area contributed by atoms with Crippen molar-refractivity contribution in [3.63, 3.8) is 0 Å². The minimum Gasteiger partial charge on any atom is -0.343 e. The number of rotatable bonds is 13. The second-order valence-electron chi connectivity index (χ2n) is 25.8. The number of halogens is 4. The Balaban J connectivity index is 1.88. The molecule has 1 saturated heterocycles. The lowest BCUT2D eigenvalue weighted by atomic mass is 9.96. The van der Waals surface area contributed by atoms with E-state index in [1.165, 1.54) is 95.0 Å². The molecular formula is C68H97ClF3N11O11. The molecule has 3 aromatic carbocycles. The number of alkyl halides is 3. The molecule has 1 aliphatic heterocycles. The number of nitrogens with one attached hydrogen (secondary N) is 3. The fourth-order valence-electron chi connectivity index (χ4n) is 10.9. The molecule has 0 saturated carbocycles. The highest BCUT2D eigenvalue weighted by atomic mass is 35.5. The highest BCUT2D eigenvalue weighted by Crippen LogP contribution is 2.30. The summed E-state index contributed by atoms with van der Waals surface area (Å²) in [5.41, 5.74) is 0.670. The molecule has 26 heteroatoms. The summed E-state index contributed by atoms with van der Waals surface area (Å²) in [6.45, 7) is 12.2. The van der Waals surface area contributed by atoms with Crippen molar-refractivity contribution in [2.24, 2.45) is 17.8 Å². The molecule has 1 fully saturated rings. The van der Waals surface area contributed by atoms with Gasteiger partial charge in [0.15, 0.2) is 0 Å². The van der Waals surface area contributed by atoms with Gasteiger partial charge in [0.1, 0.15) is 42.3 Å².